The second-order valence-corrected chi connectivity index (χ2v) is 4.18. The molecule has 8 nitrogen and oxygen atoms in total. The molecule has 0 saturated carbocycles. The monoisotopic (exact) mass is 275 g/mol. The lowest BCUT2D eigenvalue weighted by molar-refractivity contribution is -0.146. The first kappa shape index (κ1) is 17.2. The summed E-state index contributed by atoms with van der Waals surface area (Å²) in [5.74, 6) is -1.54. The smallest absolute Gasteiger partial charge is 0.332 e. The van der Waals surface area contributed by atoms with Gasteiger partial charge < -0.3 is 25.3 Å². The van der Waals surface area contributed by atoms with Gasteiger partial charge in [-0.05, 0) is 6.92 Å². The van der Waals surface area contributed by atoms with Crippen molar-refractivity contribution in [1.82, 2.24) is 15.1 Å². The van der Waals surface area contributed by atoms with Gasteiger partial charge in [-0.2, -0.15) is 0 Å². The summed E-state index contributed by atoms with van der Waals surface area (Å²) in [6, 6.07) is -0.463. The zero-order valence-corrected chi connectivity index (χ0v) is 11.4. The first-order chi connectivity index (χ1) is 8.79. The van der Waals surface area contributed by atoms with E-state index in [0.29, 0.717) is 6.54 Å². The lowest BCUT2D eigenvalue weighted by Crippen LogP contribution is -2.45. The van der Waals surface area contributed by atoms with Crippen LogP contribution in [-0.4, -0.2) is 77.8 Å². The molecule has 0 radical (unpaired) electrons. The van der Waals surface area contributed by atoms with E-state index in [2.05, 4.69) is 5.32 Å². The molecule has 8 heteroatoms. The number of urea groups is 1. The Hall–Kier alpha value is -1.83. The van der Waals surface area contributed by atoms with Gasteiger partial charge in [0.2, 0.25) is 5.91 Å². The molecule has 0 spiro atoms. The number of amides is 3. The third-order valence-corrected chi connectivity index (χ3v) is 2.47. The maximum absolute atomic E-state index is 11.7. The quantitative estimate of drug-likeness (QED) is 0.548. The molecule has 0 heterocycles. The van der Waals surface area contributed by atoms with E-state index >= 15 is 0 Å². The second-order valence-electron chi connectivity index (χ2n) is 4.18. The van der Waals surface area contributed by atoms with Crippen LogP contribution in [0.4, 0.5) is 4.79 Å². The summed E-state index contributed by atoms with van der Waals surface area (Å²) in [5.41, 5.74) is 0. The van der Waals surface area contributed by atoms with Crippen LogP contribution in [0.2, 0.25) is 0 Å². The SMILES string of the molecule is CCN(CC(=O)N(C)C)C(=O)NCC[C@H](O)C(=O)O. The molecule has 0 aliphatic carbocycles. The van der Waals surface area contributed by atoms with Crippen molar-refractivity contribution in [3.63, 3.8) is 0 Å². The summed E-state index contributed by atoms with van der Waals surface area (Å²) in [7, 11) is 3.19. The van der Waals surface area contributed by atoms with Crippen LogP contribution in [0.1, 0.15) is 13.3 Å². The summed E-state index contributed by atoms with van der Waals surface area (Å²) in [6.45, 7) is 2.07. The van der Waals surface area contributed by atoms with Crippen LogP contribution in [0, 0.1) is 0 Å². The Bertz CT molecular complexity index is 332. The third kappa shape index (κ3) is 6.61. The number of aliphatic hydroxyl groups excluding tert-OH is 1. The average molecular weight is 275 g/mol. The van der Waals surface area contributed by atoms with E-state index in [-0.39, 0.29) is 25.4 Å². The van der Waals surface area contributed by atoms with Gasteiger partial charge in [-0.1, -0.05) is 0 Å². The van der Waals surface area contributed by atoms with Gasteiger partial charge in [0.25, 0.3) is 0 Å². The van der Waals surface area contributed by atoms with Gasteiger partial charge in [-0.15, -0.1) is 0 Å². The number of carboxylic acid groups (broad SMARTS) is 1. The lowest BCUT2D eigenvalue weighted by atomic mass is 10.2. The topological polar surface area (TPSA) is 110 Å². The molecule has 0 aliphatic rings. The van der Waals surface area contributed by atoms with E-state index in [0.717, 1.165) is 0 Å². The Morgan fingerprint density at radius 2 is 1.84 bits per heavy atom. The number of hydrogen-bond donors (Lipinski definition) is 3. The van der Waals surface area contributed by atoms with Crippen molar-refractivity contribution in [3.05, 3.63) is 0 Å². The summed E-state index contributed by atoms with van der Waals surface area (Å²) in [4.78, 5) is 36.2. The number of aliphatic hydroxyl groups is 1. The molecule has 3 amide bonds. The Labute approximate surface area is 112 Å². The van der Waals surface area contributed by atoms with Crippen molar-refractivity contribution < 1.29 is 24.6 Å². The van der Waals surface area contributed by atoms with Crippen molar-refractivity contribution in [2.24, 2.45) is 0 Å². The van der Waals surface area contributed by atoms with Gasteiger partial charge in [0.15, 0.2) is 6.10 Å². The summed E-state index contributed by atoms with van der Waals surface area (Å²) < 4.78 is 0. The number of carbonyl (C=O) groups is 3. The number of carboxylic acids is 1. The van der Waals surface area contributed by atoms with E-state index in [1.165, 1.54) is 9.80 Å². The highest BCUT2D eigenvalue weighted by Gasteiger charge is 2.17. The van der Waals surface area contributed by atoms with Crippen molar-refractivity contribution in [3.8, 4) is 0 Å². The van der Waals surface area contributed by atoms with Crippen LogP contribution < -0.4 is 5.32 Å². The number of hydrogen-bond acceptors (Lipinski definition) is 4. The molecule has 0 unspecified atom stereocenters. The predicted molar refractivity (Wildman–Crippen MR) is 67.6 cm³/mol. The Kier molecular flexibility index (Phi) is 7.50. The highest BCUT2D eigenvalue weighted by Crippen LogP contribution is 1.94. The Morgan fingerprint density at radius 3 is 2.26 bits per heavy atom. The third-order valence-electron chi connectivity index (χ3n) is 2.47. The molecular weight excluding hydrogens is 254 g/mol. The van der Waals surface area contributed by atoms with E-state index in [1.807, 2.05) is 0 Å². The van der Waals surface area contributed by atoms with Gasteiger partial charge in [0.1, 0.15) is 6.54 Å². The molecule has 0 aromatic rings. The van der Waals surface area contributed by atoms with Crippen molar-refractivity contribution in [2.75, 3.05) is 33.7 Å². The highest BCUT2D eigenvalue weighted by molar-refractivity contribution is 5.83. The zero-order chi connectivity index (χ0) is 15.0. The Morgan fingerprint density at radius 1 is 1.26 bits per heavy atom. The van der Waals surface area contributed by atoms with Crippen molar-refractivity contribution >= 4 is 17.9 Å². The van der Waals surface area contributed by atoms with Gasteiger partial charge in [0, 0.05) is 33.6 Å². The number of nitrogens with one attached hydrogen (secondary N) is 1. The van der Waals surface area contributed by atoms with Crippen molar-refractivity contribution in [2.45, 2.75) is 19.4 Å². The fourth-order valence-electron chi connectivity index (χ4n) is 1.18. The molecule has 19 heavy (non-hydrogen) atoms. The first-order valence-corrected chi connectivity index (χ1v) is 5.93. The molecule has 0 aromatic carbocycles. The summed E-state index contributed by atoms with van der Waals surface area (Å²) in [5, 5.41) is 19.9. The van der Waals surface area contributed by atoms with Gasteiger partial charge in [-0.3, -0.25) is 4.79 Å². The number of rotatable bonds is 7. The molecular formula is C11H21N3O5. The van der Waals surface area contributed by atoms with E-state index < -0.39 is 18.1 Å². The van der Waals surface area contributed by atoms with Crippen LogP contribution in [0.3, 0.4) is 0 Å². The average Bonchev–Trinajstić information content (AvgIpc) is 2.34. The van der Waals surface area contributed by atoms with E-state index in [4.69, 9.17) is 10.2 Å². The maximum Gasteiger partial charge on any atom is 0.332 e. The molecule has 0 aliphatic heterocycles. The molecule has 1 atom stereocenters. The predicted octanol–water partition coefficient (Wildman–Crippen LogP) is -1.06. The molecule has 0 bridgehead atoms. The number of likely N-dealkylation sites (N-methyl/N-ethyl adjacent to an activating group) is 2. The fraction of sp³-hybridized carbons (Fsp3) is 0.727. The molecule has 110 valence electrons. The lowest BCUT2D eigenvalue weighted by Gasteiger charge is -2.22. The normalized spacial score (nSPS) is 11.6. The molecule has 0 rings (SSSR count). The molecule has 0 fully saturated rings. The minimum absolute atomic E-state index is 0.0267. The largest absolute Gasteiger partial charge is 0.479 e. The molecule has 0 aromatic heterocycles. The van der Waals surface area contributed by atoms with Gasteiger partial charge >= 0.3 is 12.0 Å². The number of nitrogens with zero attached hydrogens (tertiary/aromatic N) is 2. The fourth-order valence-corrected chi connectivity index (χ4v) is 1.18. The highest BCUT2D eigenvalue weighted by atomic mass is 16.4. The molecule has 0 saturated heterocycles. The van der Waals surface area contributed by atoms with Crippen LogP contribution in [-0.2, 0) is 9.59 Å². The standard InChI is InChI=1S/C11H21N3O5/c1-4-14(7-9(16)13(2)3)11(19)12-6-5-8(15)10(17)18/h8,15H,4-7H2,1-3H3,(H,12,19)(H,17,18)/t8-/m0/s1. The van der Waals surface area contributed by atoms with Gasteiger partial charge in [0.05, 0.1) is 0 Å². The van der Waals surface area contributed by atoms with E-state index in [1.54, 1.807) is 21.0 Å². The summed E-state index contributed by atoms with van der Waals surface area (Å²) >= 11 is 0. The minimum Gasteiger partial charge on any atom is -0.479 e. The number of aliphatic carboxylic acids is 1. The van der Waals surface area contributed by atoms with Gasteiger partial charge in [-0.25, -0.2) is 9.59 Å². The first-order valence-electron chi connectivity index (χ1n) is 5.93. The molecule has 3 N–H and O–H groups in total. The van der Waals surface area contributed by atoms with Crippen molar-refractivity contribution in [1.29, 1.82) is 0 Å². The number of carbonyl (C=O) groups excluding carboxylic acids is 2. The van der Waals surface area contributed by atoms with Crippen LogP contribution in [0.5, 0.6) is 0 Å². The van der Waals surface area contributed by atoms with Crippen LogP contribution >= 0.6 is 0 Å². The van der Waals surface area contributed by atoms with E-state index in [9.17, 15) is 14.4 Å². The summed E-state index contributed by atoms with van der Waals surface area (Å²) in [6.07, 6.45) is -1.58. The Balaban J connectivity index is 4.15. The second kappa shape index (κ2) is 8.30. The zero-order valence-electron chi connectivity index (χ0n) is 11.4. The maximum atomic E-state index is 11.7. The van der Waals surface area contributed by atoms with Crippen LogP contribution in [0.25, 0.3) is 0 Å². The van der Waals surface area contributed by atoms with Crippen LogP contribution in [0.15, 0.2) is 0 Å². The minimum atomic E-state index is -1.50.